The second-order valence-corrected chi connectivity index (χ2v) is 5.64. The zero-order valence-electron chi connectivity index (χ0n) is 13.6. The van der Waals surface area contributed by atoms with Gasteiger partial charge in [-0.3, -0.25) is 0 Å². The van der Waals surface area contributed by atoms with Crippen molar-refractivity contribution in [2.45, 2.75) is 32.2 Å². The molecule has 0 aliphatic rings. The number of benzene rings is 2. The second-order valence-electron chi connectivity index (χ2n) is 5.64. The standard InChI is InChI=1S/C19H25NO2/c1-14(20)11-17-13-18(21-2)16(12-19(17)22-3)10-9-15-7-5-4-6-8-15/h4-8,12-14H,9-11,20H2,1-3H3/t14-/m0/s1. The van der Waals surface area contributed by atoms with Crippen LogP contribution in [0.1, 0.15) is 23.6 Å². The average molecular weight is 299 g/mol. The normalized spacial score (nSPS) is 12.0. The van der Waals surface area contributed by atoms with Gasteiger partial charge in [0.15, 0.2) is 0 Å². The van der Waals surface area contributed by atoms with E-state index >= 15 is 0 Å². The first kappa shape index (κ1) is 16.4. The van der Waals surface area contributed by atoms with Crippen molar-refractivity contribution in [3.63, 3.8) is 0 Å². The number of rotatable bonds is 7. The molecule has 0 aliphatic carbocycles. The summed E-state index contributed by atoms with van der Waals surface area (Å²) in [6.45, 7) is 2.00. The highest BCUT2D eigenvalue weighted by atomic mass is 16.5. The Bertz CT molecular complexity index is 594. The van der Waals surface area contributed by atoms with Crippen LogP contribution in [0.15, 0.2) is 42.5 Å². The summed E-state index contributed by atoms with van der Waals surface area (Å²) in [6.07, 6.45) is 2.67. The molecule has 0 saturated carbocycles. The average Bonchev–Trinajstić information content (AvgIpc) is 2.53. The third kappa shape index (κ3) is 4.25. The molecule has 22 heavy (non-hydrogen) atoms. The Kier molecular flexibility index (Phi) is 5.84. The van der Waals surface area contributed by atoms with Crippen LogP contribution in [0, 0.1) is 0 Å². The van der Waals surface area contributed by atoms with Gasteiger partial charge < -0.3 is 15.2 Å². The molecule has 0 aromatic heterocycles. The summed E-state index contributed by atoms with van der Waals surface area (Å²) in [6, 6.07) is 14.7. The number of ether oxygens (including phenoxy) is 2. The van der Waals surface area contributed by atoms with E-state index < -0.39 is 0 Å². The van der Waals surface area contributed by atoms with Crippen molar-refractivity contribution in [2.24, 2.45) is 5.73 Å². The maximum absolute atomic E-state index is 5.92. The minimum absolute atomic E-state index is 0.0915. The Morgan fingerprint density at radius 1 is 0.909 bits per heavy atom. The molecular formula is C19H25NO2. The molecule has 3 heteroatoms. The second kappa shape index (κ2) is 7.85. The first-order valence-corrected chi connectivity index (χ1v) is 7.67. The maximum atomic E-state index is 5.92. The Balaban J connectivity index is 2.22. The van der Waals surface area contributed by atoms with Crippen LogP contribution in [0.2, 0.25) is 0 Å². The molecule has 3 nitrogen and oxygen atoms in total. The number of methoxy groups -OCH3 is 2. The van der Waals surface area contributed by atoms with E-state index in [4.69, 9.17) is 15.2 Å². The number of nitrogens with two attached hydrogens (primary N) is 1. The summed E-state index contributed by atoms with van der Waals surface area (Å²) in [4.78, 5) is 0. The highest BCUT2D eigenvalue weighted by molar-refractivity contribution is 5.47. The van der Waals surface area contributed by atoms with Crippen LogP contribution in [-0.4, -0.2) is 20.3 Å². The molecule has 2 rings (SSSR count). The lowest BCUT2D eigenvalue weighted by molar-refractivity contribution is 0.393. The molecule has 118 valence electrons. The summed E-state index contributed by atoms with van der Waals surface area (Å²) in [5.74, 6) is 1.80. The van der Waals surface area contributed by atoms with Crippen molar-refractivity contribution >= 4 is 0 Å². The highest BCUT2D eigenvalue weighted by Crippen LogP contribution is 2.30. The summed E-state index contributed by atoms with van der Waals surface area (Å²) in [7, 11) is 3.41. The van der Waals surface area contributed by atoms with Crippen molar-refractivity contribution in [1.29, 1.82) is 0 Å². The Morgan fingerprint density at radius 3 is 2.09 bits per heavy atom. The smallest absolute Gasteiger partial charge is 0.122 e. The third-order valence-corrected chi connectivity index (χ3v) is 3.75. The van der Waals surface area contributed by atoms with E-state index in [0.29, 0.717) is 0 Å². The Hall–Kier alpha value is -2.00. The van der Waals surface area contributed by atoms with Gasteiger partial charge in [-0.25, -0.2) is 0 Å². The monoisotopic (exact) mass is 299 g/mol. The van der Waals surface area contributed by atoms with Gasteiger partial charge in [0.2, 0.25) is 0 Å². The van der Waals surface area contributed by atoms with Gasteiger partial charge in [0.1, 0.15) is 11.5 Å². The van der Waals surface area contributed by atoms with E-state index in [1.165, 1.54) is 5.56 Å². The topological polar surface area (TPSA) is 44.5 Å². The predicted octanol–water partition coefficient (Wildman–Crippen LogP) is 3.38. The molecule has 0 spiro atoms. The van der Waals surface area contributed by atoms with Gasteiger partial charge in [-0.05, 0) is 55.0 Å². The van der Waals surface area contributed by atoms with Gasteiger partial charge in [-0.15, -0.1) is 0 Å². The van der Waals surface area contributed by atoms with Gasteiger partial charge in [0.25, 0.3) is 0 Å². The van der Waals surface area contributed by atoms with Crippen LogP contribution < -0.4 is 15.2 Å². The molecule has 0 amide bonds. The Labute approximate surface area is 133 Å². The zero-order chi connectivity index (χ0) is 15.9. The molecule has 1 atom stereocenters. The van der Waals surface area contributed by atoms with Crippen molar-refractivity contribution in [3.05, 3.63) is 59.2 Å². The summed E-state index contributed by atoms with van der Waals surface area (Å²) >= 11 is 0. The SMILES string of the molecule is COc1cc(C[C@H](C)N)c(OC)cc1CCc1ccccc1. The van der Waals surface area contributed by atoms with E-state index in [9.17, 15) is 0 Å². The lowest BCUT2D eigenvalue weighted by atomic mass is 9.99. The molecule has 0 heterocycles. The highest BCUT2D eigenvalue weighted by Gasteiger charge is 2.12. The van der Waals surface area contributed by atoms with Crippen LogP contribution in [0.5, 0.6) is 11.5 Å². The molecule has 2 aromatic rings. The largest absolute Gasteiger partial charge is 0.496 e. The van der Waals surface area contributed by atoms with Crippen LogP contribution in [0.3, 0.4) is 0 Å². The van der Waals surface area contributed by atoms with Crippen molar-refractivity contribution in [2.75, 3.05) is 14.2 Å². The summed E-state index contributed by atoms with van der Waals surface area (Å²) in [5, 5.41) is 0. The first-order valence-electron chi connectivity index (χ1n) is 7.67. The quantitative estimate of drug-likeness (QED) is 0.852. The summed E-state index contributed by atoms with van der Waals surface area (Å²) in [5.41, 5.74) is 9.50. The molecule has 0 radical (unpaired) electrons. The number of aryl methyl sites for hydroxylation is 2. The molecule has 0 aliphatic heterocycles. The van der Waals surface area contributed by atoms with Crippen LogP contribution in [0.4, 0.5) is 0 Å². The van der Waals surface area contributed by atoms with Gasteiger partial charge >= 0.3 is 0 Å². The van der Waals surface area contributed by atoms with Crippen molar-refractivity contribution in [1.82, 2.24) is 0 Å². The molecular weight excluding hydrogens is 274 g/mol. The van der Waals surface area contributed by atoms with Crippen LogP contribution >= 0.6 is 0 Å². The van der Waals surface area contributed by atoms with Crippen LogP contribution in [-0.2, 0) is 19.3 Å². The van der Waals surface area contributed by atoms with E-state index in [-0.39, 0.29) is 6.04 Å². The van der Waals surface area contributed by atoms with Gasteiger partial charge in [0.05, 0.1) is 14.2 Å². The van der Waals surface area contributed by atoms with Crippen molar-refractivity contribution < 1.29 is 9.47 Å². The predicted molar refractivity (Wildman–Crippen MR) is 90.7 cm³/mol. The minimum Gasteiger partial charge on any atom is -0.496 e. The third-order valence-electron chi connectivity index (χ3n) is 3.75. The fraction of sp³-hybridized carbons (Fsp3) is 0.368. The molecule has 0 saturated heterocycles. The van der Waals surface area contributed by atoms with E-state index in [0.717, 1.165) is 41.9 Å². The summed E-state index contributed by atoms with van der Waals surface area (Å²) < 4.78 is 11.1. The first-order chi connectivity index (χ1) is 10.6. The van der Waals surface area contributed by atoms with E-state index in [1.807, 2.05) is 13.0 Å². The van der Waals surface area contributed by atoms with Gasteiger partial charge in [-0.2, -0.15) is 0 Å². The molecule has 0 fully saturated rings. The van der Waals surface area contributed by atoms with E-state index in [2.05, 4.69) is 36.4 Å². The van der Waals surface area contributed by atoms with Crippen LogP contribution in [0.25, 0.3) is 0 Å². The van der Waals surface area contributed by atoms with Crippen molar-refractivity contribution in [3.8, 4) is 11.5 Å². The van der Waals surface area contributed by atoms with E-state index in [1.54, 1.807) is 14.2 Å². The lowest BCUT2D eigenvalue weighted by Gasteiger charge is -2.16. The zero-order valence-corrected chi connectivity index (χ0v) is 13.6. The fourth-order valence-electron chi connectivity index (χ4n) is 2.65. The minimum atomic E-state index is 0.0915. The van der Waals surface area contributed by atoms with Gasteiger partial charge in [-0.1, -0.05) is 30.3 Å². The lowest BCUT2D eigenvalue weighted by Crippen LogP contribution is -2.18. The molecule has 0 unspecified atom stereocenters. The Morgan fingerprint density at radius 2 is 1.50 bits per heavy atom. The maximum Gasteiger partial charge on any atom is 0.122 e. The molecule has 2 N–H and O–H groups in total. The van der Waals surface area contributed by atoms with Gasteiger partial charge in [0, 0.05) is 6.04 Å². The molecule has 0 bridgehead atoms. The number of hydrogen-bond donors (Lipinski definition) is 1. The molecule has 2 aromatic carbocycles. The number of hydrogen-bond acceptors (Lipinski definition) is 3. The fourth-order valence-corrected chi connectivity index (χ4v) is 2.65.